The lowest BCUT2D eigenvalue weighted by atomic mass is 10.0. The molecule has 0 radical (unpaired) electrons. The Morgan fingerprint density at radius 3 is 2.54 bits per heavy atom. The first-order valence-corrected chi connectivity index (χ1v) is 4.05. The molecule has 1 rings (SSSR count). The van der Waals surface area contributed by atoms with E-state index in [2.05, 4.69) is 0 Å². The van der Waals surface area contributed by atoms with E-state index >= 15 is 0 Å². The van der Waals surface area contributed by atoms with Crippen LogP contribution in [0.15, 0.2) is 12.1 Å². The van der Waals surface area contributed by atoms with Crippen molar-refractivity contribution in [2.24, 2.45) is 11.5 Å². The van der Waals surface area contributed by atoms with Crippen LogP contribution in [0.25, 0.3) is 0 Å². The van der Waals surface area contributed by atoms with Crippen molar-refractivity contribution in [3.8, 4) is 11.5 Å². The maximum absolute atomic E-state index is 9.58. The van der Waals surface area contributed by atoms with Gasteiger partial charge >= 0.3 is 0 Å². The molecule has 0 aromatic heterocycles. The van der Waals surface area contributed by atoms with Crippen LogP contribution in [0.3, 0.4) is 0 Å². The SMILES string of the molecule is Cc1c(O)ccc(C(N)CN)c1O. The van der Waals surface area contributed by atoms with Gasteiger partial charge in [0, 0.05) is 23.7 Å². The lowest BCUT2D eigenvalue weighted by Gasteiger charge is -2.13. The highest BCUT2D eigenvalue weighted by atomic mass is 16.3. The number of phenols is 2. The zero-order valence-electron chi connectivity index (χ0n) is 7.49. The van der Waals surface area contributed by atoms with E-state index in [0.717, 1.165) is 0 Å². The fourth-order valence-electron chi connectivity index (χ4n) is 1.14. The number of aromatic hydroxyl groups is 2. The van der Waals surface area contributed by atoms with Crippen LogP contribution >= 0.6 is 0 Å². The lowest BCUT2D eigenvalue weighted by molar-refractivity contribution is 0.435. The monoisotopic (exact) mass is 182 g/mol. The highest BCUT2D eigenvalue weighted by Crippen LogP contribution is 2.31. The van der Waals surface area contributed by atoms with Crippen molar-refractivity contribution in [2.75, 3.05) is 6.54 Å². The fraction of sp³-hybridized carbons (Fsp3) is 0.333. The molecule has 0 heterocycles. The van der Waals surface area contributed by atoms with Crippen LogP contribution in [0.5, 0.6) is 11.5 Å². The minimum absolute atomic E-state index is 0.0259. The van der Waals surface area contributed by atoms with Crippen molar-refractivity contribution in [2.45, 2.75) is 13.0 Å². The van der Waals surface area contributed by atoms with Gasteiger partial charge in [0.2, 0.25) is 0 Å². The van der Waals surface area contributed by atoms with Crippen molar-refractivity contribution in [3.63, 3.8) is 0 Å². The first-order valence-electron chi connectivity index (χ1n) is 4.05. The Morgan fingerprint density at radius 1 is 1.38 bits per heavy atom. The Bertz CT molecular complexity index is 313. The molecule has 0 aliphatic rings. The normalized spacial score (nSPS) is 12.8. The summed E-state index contributed by atoms with van der Waals surface area (Å²) in [5.41, 5.74) is 12.0. The first kappa shape index (κ1) is 9.83. The van der Waals surface area contributed by atoms with Crippen molar-refractivity contribution >= 4 is 0 Å². The molecule has 0 saturated carbocycles. The van der Waals surface area contributed by atoms with Crippen molar-refractivity contribution in [3.05, 3.63) is 23.3 Å². The predicted octanol–water partition coefficient (Wildman–Crippen LogP) is 0.365. The van der Waals surface area contributed by atoms with E-state index in [-0.39, 0.29) is 24.1 Å². The second-order valence-corrected chi connectivity index (χ2v) is 2.99. The van der Waals surface area contributed by atoms with Gasteiger partial charge in [-0.3, -0.25) is 0 Å². The van der Waals surface area contributed by atoms with Gasteiger partial charge in [-0.15, -0.1) is 0 Å². The number of rotatable bonds is 2. The van der Waals surface area contributed by atoms with Gasteiger partial charge in [-0.05, 0) is 13.0 Å². The molecular formula is C9H14N2O2. The molecule has 0 bridgehead atoms. The largest absolute Gasteiger partial charge is 0.508 e. The summed E-state index contributed by atoms with van der Waals surface area (Å²) in [5, 5.41) is 18.8. The van der Waals surface area contributed by atoms with Gasteiger partial charge in [0.25, 0.3) is 0 Å². The average molecular weight is 182 g/mol. The van der Waals surface area contributed by atoms with Crippen LogP contribution in [0, 0.1) is 6.92 Å². The number of benzene rings is 1. The summed E-state index contributed by atoms with van der Waals surface area (Å²) in [6.45, 7) is 1.88. The zero-order valence-corrected chi connectivity index (χ0v) is 7.49. The predicted molar refractivity (Wildman–Crippen MR) is 50.5 cm³/mol. The molecule has 0 fully saturated rings. The first-order chi connectivity index (χ1) is 6.07. The summed E-state index contributed by atoms with van der Waals surface area (Å²) >= 11 is 0. The zero-order chi connectivity index (χ0) is 10.0. The van der Waals surface area contributed by atoms with Crippen molar-refractivity contribution in [1.29, 1.82) is 0 Å². The molecular weight excluding hydrogens is 168 g/mol. The molecule has 13 heavy (non-hydrogen) atoms. The molecule has 72 valence electrons. The highest BCUT2D eigenvalue weighted by molar-refractivity contribution is 5.48. The lowest BCUT2D eigenvalue weighted by Crippen LogP contribution is -2.20. The van der Waals surface area contributed by atoms with E-state index in [4.69, 9.17) is 11.5 Å². The van der Waals surface area contributed by atoms with Crippen LogP contribution in [0.4, 0.5) is 0 Å². The van der Waals surface area contributed by atoms with Gasteiger partial charge in [-0.1, -0.05) is 6.07 Å². The number of hydrogen-bond donors (Lipinski definition) is 4. The summed E-state index contributed by atoms with van der Waals surface area (Å²) in [4.78, 5) is 0. The second kappa shape index (κ2) is 3.64. The smallest absolute Gasteiger partial charge is 0.126 e. The Labute approximate surface area is 76.8 Å². The minimum Gasteiger partial charge on any atom is -0.508 e. The minimum atomic E-state index is -0.390. The average Bonchev–Trinajstić information content (AvgIpc) is 2.13. The van der Waals surface area contributed by atoms with E-state index in [1.54, 1.807) is 13.0 Å². The van der Waals surface area contributed by atoms with Gasteiger partial charge in [-0.25, -0.2) is 0 Å². The van der Waals surface area contributed by atoms with Gasteiger partial charge in [0.15, 0.2) is 0 Å². The Hall–Kier alpha value is -1.26. The van der Waals surface area contributed by atoms with E-state index in [0.29, 0.717) is 11.1 Å². The third kappa shape index (κ3) is 1.74. The second-order valence-electron chi connectivity index (χ2n) is 2.99. The van der Waals surface area contributed by atoms with Gasteiger partial charge < -0.3 is 21.7 Å². The third-order valence-corrected chi connectivity index (χ3v) is 2.09. The molecule has 0 amide bonds. The van der Waals surface area contributed by atoms with E-state index < -0.39 is 0 Å². The Morgan fingerprint density at radius 2 is 2.00 bits per heavy atom. The quantitative estimate of drug-likeness (QED) is 0.531. The number of hydrogen-bond acceptors (Lipinski definition) is 4. The van der Waals surface area contributed by atoms with Crippen LogP contribution in [-0.2, 0) is 0 Å². The van der Waals surface area contributed by atoms with Crippen LogP contribution in [-0.4, -0.2) is 16.8 Å². The summed E-state index contributed by atoms with van der Waals surface area (Å²) in [6, 6.07) is 2.69. The molecule has 0 aliphatic carbocycles. The van der Waals surface area contributed by atoms with Crippen LogP contribution in [0.2, 0.25) is 0 Å². The maximum Gasteiger partial charge on any atom is 0.126 e. The molecule has 1 unspecified atom stereocenters. The maximum atomic E-state index is 9.58. The van der Waals surface area contributed by atoms with Crippen LogP contribution < -0.4 is 11.5 Å². The summed E-state index contributed by atoms with van der Waals surface area (Å²) in [7, 11) is 0. The topological polar surface area (TPSA) is 92.5 Å². The molecule has 1 aromatic rings. The molecule has 1 atom stereocenters. The number of nitrogens with two attached hydrogens (primary N) is 2. The Kier molecular flexibility index (Phi) is 2.75. The molecule has 1 aromatic carbocycles. The van der Waals surface area contributed by atoms with Gasteiger partial charge in [0.05, 0.1) is 0 Å². The molecule has 0 saturated heterocycles. The van der Waals surface area contributed by atoms with E-state index in [9.17, 15) is 10.2 Å². The molecule has 4 heteroatoms. The standard InChI is InChI=1S/C9H14N2O2/c1-5-8(12)3-2-6(9(5)13)7(11)4-10/h2-3,7,12-13H,4,10-11H2,1H3. The third-order valence-electron chi connectivity index (χ3n) is 2.09. The van der Waals surface area contributed by atoms with Gasteiger partial charge in [0.1, 0.15) is 11.5 Å². The highest BCUT2D eigenvalue weighted by Gasteiger charge is 2.12. The fourth-order valence-corrected chi connectivity index (χ4v) is 1.14. The molecule has 0 aliphatic heterocycles. The summed E-state index contributed by atoms with van der Waals surface area (Å²) in [6.07, 6.45) is 0. The summed E-state index contributed by atoms with van der Waals surface area (Å²) < 4.78 is 0. The molecule has 0 spiro atoms. The van der Waals surface area contributed by atoms with Gasteiger partial charge in [-0.2, -0.15) is 0 Å². The van der Waals surface area contributed by atoms with E-state index in [1.807, 2.05) is 0 Å². The van der Waals surface area contributed by atoms with Crippen molar-refractivity contribution in [1.82, 2.24) is 0 Å². The molecule has 6 N–H and O–H groups in total. The van der Waals surface area contributed by atoms with E-state index in [1.165, 1.54) is 6.07 Å². The molecule has 4 nitrogen and oxygen atoms in total. The van der Waals surface area contributed by atoms with Crippen LogP contribution in [0.1, 0.15) is 17.2 Å². The number of phenolic OH excluding ortho intramolecular Hbond substituents is 2. The Balaban J connectivity index is 3.18. The summed E-state index contributed by atoms with van der Waals surface area (Å²) in [5.74, 6) is 0.0865. The van der Waals surface area contributed by atoms with Crippen molar-refractivity contribution < 1.29 is 10.2 Å².